The fraction of sp³-hybridized carbons (Fsp3) is 0.571. The van der Waals surface area contributed by atoms with Crippen LogP contribution in [0.1, 0.15) is 24.5 Å². The topological polar surface area (TPSA) is 30.5 Å². The van der Waals surface area contributed by atoms with E-state index in [1.54, 1.807) is 7.11 Å². The fourth-order valence-corrected chi connectivity index (χ4v) is 2.24. The Morgan fingerprint density at radius 1 is 1.41 bits per heavy atom. The van der Waals surface area contributed by atoms with E-state index in [2.05, 4.69) is 36.5 Å². The summed E-state index contributed by atoms with van der Waals surface area (Å²) in [6, 6.07) is 9.00. The Kier molecular flexibility index (Phi) is 4.54. The standard InChI is InChI=1S/C14H21NO2/c1-11-14(6-7-17-11)15-9-12-4-3-5-13(8-12)10-16-2/h3-5,8,11,14-15H,6-7,9-10H2,1-2H3. The van der Waals surface area contributed by atoms with Crippen molar-refractivity contribution in [2.24, 2.45) is 0 Å². The van der Waals surface area contributed by atoms with Crippen LogP contribution in [0.25, 0.3) is 0 Å². The van der Waals surface area contributed by atoms with Gasteiger partial charge in [0.25, 0.3) is 0 Å². The SMILES string of the molecule is COCc1cccc(CNC2CCOC2C)c1. The summed E-state index contributed by atoms with van der Waals surface area (Å²) in [4.78, 5) is 0. The molecule has 1 aromatic rings. The Morgan fingerprint density at radius 2 is 2.24 bits per heavy atom. The zero-order valence-electron chi connectivity index (χ0n) is 10.6. The molecule has 0 saturated carbocycles. The summed E-state index contributed by atoms with van der Waals surface area (Å²) in [5, 5.41) is 3.55. The van der Waals surface area contributed by atoms with E-state index in [1.807, 2.05) is 0 Å². The van der Waals surface area contributed by atoms with E-state index in [0.29, 0.717) is 18.8 Å². The minimum atomic E-state index is 0.331. The molecule has 1 heterocycles. The molecule has 94 valence electrons. The van der Waals surface area contributed by atoms with Gasteiger partial charge in [-0.05, 0) is 24.5 Å². The molecule has 2 unspecified atom stereocenters. The molecule has 0 radical (unpaired) electrons. The molecule has 1 N–H and O–H groups in total. The summed E-state index contributed by atoms with van der Waals surface area (Å²) in [6.07, 6.45) is 1.44. The number of rotatable bonds is 5. The molecule has 1 fully saturated rings. The molecular formula is C14H21NO2. The predicted molar refractivity (Wildman–Crippen MR) is 67.8 cm³/mol. The first-order valence-electron chi connectivity index (χ1n) is 6.21. The second kappa shape index (κ2) is 6.15. The zero-order chi connectivity index (χ0) is 12.1. The van der Waals surface area contributed by atoms with Gasteiger partial charge < -0.3 is 14.8 Å². The van der Waals surface area contributed by atoms with Crippen LogP contribution in [-0.4, -0.2) is 25.9 Å². The lowest BCUT2D eigenvalue weighted by Gasteiger charge is -2.16. The van der Waals surface area contributed by atoms with Crippen molar-refractivity contribution in [3.8, 4) is 0 Å². The van der Waals surface area contributed by atoms with Crippen LogP contribution in [0.4, 0.5) is 0 Å². The Morgan fingerprint density at radius 3 is 2.94 bits per heavy atom. The molecule has 1 aliphatic heterocycles. The molecule has 2 atom stereocenters. The minimum absolute atomic E-state index is 0.331. The molecule has 0 amide bonds. The smallest absolute Gasteiger partial charge is 0.0713 e. The van der Waals surface area contributed by atoms with Gasteiger partial charge in [-0.15, -0.1) is 0 Å². The summed E-state index contributed by atoms with van der Waals surface area (Å²) >= 11 is 0. The Labute approximate surface area is 103 Å². The molecule has 2 rings (SSSR count). The summed E-state index contributed by atoms with van der Waals surface area (Å²) in [6.45, 7) is 4.58. The highest BCUT2D eigenvalue weighted by atomic mass is 16.5. The van der Waals surface area contributed by atoms with Crippen molar-refractivity contribution in [1.29, 1.82) is 0 Å². The second-order valence-corrected chi connectivity index (χ2v) is 4.60. The Bertz CT molecular complexity index is 354. The highest BCUT2D eigenvalue weighted by Gasteiger charge is 2.23. The van der Waals surface area contributed by atoms with Crippen LogP contribution in [0.15, 0.2) is 24.3 Å². The summed E-state index contributed by atoms with van der Waals surface area (Å²) < 4.78 is 10.7. The van der Waals surface area contributed by atoms with Crippen LogP contribution in [0, 0.1) is 0 Å². The van der Waals surface area contributed by atoms with Gasteiger partial charge in [-0.2, -0.15) is 0 Å². The van der Waals surface area contributed by atoms with Gasteiger partial charge in [0.05, 0.1) is 12.7 Å². The average molecular weight is 235 g/mol. The maximum absolute atomic E-state index is 5.53. The van der Waals surface area contributed by atoms with Crippen molar-refractivity contribution in [2.45, 2.75) is 38.6 Å². The average Bonchev–Trinajstić information content (AvgIpc) is 2.73. The number of nitrogens with one attached hydrogen (secondary N) is 1. The van der Waals surface area contributed by atoms with Crippen molar-refractivity contribution >= 4 is 0 Å². The van der Waals surface area contributed by atoms with E-state index < -0.39 is 0 Å². The quantitative estimate of drug-likeness (QED) is 0.848. The highest BCUT2D eigenvalue weighted by Crippen LogP contribution is 2.14. The summed E-state index contributed by atoms with van der Waals surface area (Å²) in [5.74, 6) is 0. The van der Waals surface area contributed by atoms with E-state index in [9.17, 15) is 0 Å². The van der Waals surface area contributed by atoms with E-state index in [-0.39, 0.29) is 0 Å². The van der Waals surface area contributed by atoms with E-state index in [4.69, 9.17) is 9.47 Å². The molecule has 1 saturated heterocycles. The molecule has 0 aliphatic carbocycles. The van der Waals surface area contributed by atoms with Gasteiger partial charge >= 0.3 is 0 Å². The van der Waals surface area contributed by atoms with Gasteiger partial charge in [0.15, 0.2) is 0 Å². The van der Waals surface area contributed by atoms with Gasteiger partial charge in [0.2, 0.25) is 0 Å². The molecule has 1 aromatic carbocycles. The molecule has 0 bridgehead atoms. The van der Waals surface area contributed by atoms with Gasteiger partial charge in [-0.1, -0.05) is 24.3 Å². The van der Waals surface area contributed by atoms with Gasteiger partial charge in [-0.3, -0.25) is 0 Å². The van der Waals surface area contributed by atoms with Crippen molar-refractivity contribution in [3.05, 3.63) is 35.4 Å². The Balaban J connectivity index is 1.87. The first kappa shape index (κ1) is 12.6. The molecule has 0 spiro atoms. The minimum Gasteiger partial charge on any atom is -0.380 e. The normalized spacial score (nSPS) is 24.1. The van der Waals surface area contributed by atoms with Crippen LogP contribution < -0.4 is 5.32 Å². The fourth-order valence-electron chi connectivity index (χ4n) is 2.24. The van der Waals surface area contributed by atoms with Crippen LogP contribution in [0.3, 0.4) is 0 Å². The predicted octanol–water partition coefficient (Wildman–Crippen LogP) is 2.10. The van der Waals surface area contributed by atoms with Crippen LogP contribution in [-0.2, 0) is 22.6 Å². The van der Waals surface area contributed by atoms with E-state index in [1.165, 1.54) is 11.1 Å². The van der Waals surface area contributed by atoms with Crippen LogP contribution in [0.5, 0.6) is 0 Å². The third-order valence-electron chi connectivity index (χ3n) is 3.25. The van der Waals surface area contributed by atoms with Crippen molar-refractivity contribution < 1.29 is 9.47 Å². The van der Waals surface area contributed by atoms with Crippen molar-refractivity contribution in [1.82, 2.24) is 5.32 Å². The molecule has 3 heteroatoms. The van der Waals surface area contributed by atoms with E-state index >= 15 is 0 Å². The number of hydrogen-bond acceptors (Lipinski definition) is 3. The lowest BCUT2D eigenvalue weighted by atomic mass is 10.1. The van der Waals surface area contributed by atoms with Crippen molar-refractivity contribution in [3.63, 3.8) is 0 Å². The molecule has 3 nitrogen and oxygen atoms in total. The summed E-state index contributed by atoms with van der Waals surface area (Å²) in [5.41, 5.74) is 2.53. The number of methoxy groups -OCH3 is 1. The molecule has 0 aromatic heterocycles. The molecule has 1 aliphatic rings. The Hall–Kier alpha value is -0.900. The number of hydrogen-bond donors (Lipinski definition) is 1. The largest absolute Gasteiger partial charge is 0.380 e. The third-order valence-corrected chi connectivity index (χ3v) is 3.25. The van der Waals surface area contributed by atoms with Crippen molar-refractivity contribution in [2.75, 3.05) is 13.7 Å². The maximum atomic E-state index is 5.53. The van der Waals surface area contributed by atoms with Crippen LogP contribution >= 0.6 is 0 Å². The van der Waals surface area contributed by atoms with Gasteiger partial charge in [0, 0.05) is 26.3 Å². The highest BCUT2D eigenvalue weighted by molar-refractivity contribution is 5.23. The lowest BCUT2D eigenvalue weighted by Crippen LogP contribution is -2.34. The number of benzene rings is 1. The third kappa shape index (κ3) is 3.53. The zero-order valence-corrected chi connectivity index (χ0v) is 10.6. The first-order chi connectivity index (χ1) is 8.29. The van der Waals surface area contributed by atoms with Gasteiger partial charge in [-0.25, -0.2) is 0 Å². The monoisotopic (exact) mass is 235 g/mol. The number of ether oxygens (including phenoxy) is 2. The summed E-state index contributed by atoms with van der Waals surface area (Å²) in [7, 11) is 1.72. The molecule has 17 heavy (non-hydrogen) atoms. The molecular weight excluding hydrogens is 214 g/mol. The van der Waals surface area contributed by atoms with E-state index in [0.717, 1.165) is 19.6 Å². The lowest BCUT2D eigenvalue weighted by molar-refractivity contribution is 0.113. The second-order valence-electron chi connectivity index (χ2n) is 4.60. The van der Waals surface area contributed by atoms with Gasteiger partial charge in [0.1, 0.15) is 0 Å². The van der Waals surface area contributed by atoms with Crippen LogP contribution in [0.2, 0.25) is 0 Å². The first-order valence-corrected chi connectivity index (χ1v) is 6.21. The maximum Gasteiger partial charge on any atom is 0.0713 e.